The molecule has 1 aliphatic heterocycles. The second-order valence-corrected chi connectivity index (χ2v) is 8.30. The molecule has 1 aliphatic carbocycles. The van der Waals surface area contributed by atoms with Crippen molar-refractivity contribution in [3.8, 4) is 5.75 Å². The van der Waals surface area contributed by atoms with Crippen LogP contribution >= 0.6 is 0 Å². The standard InChI is InChI=1S/C23H37N5O2/c1-19-7-4-5-10-21(19)30-18-17-26(3)23(24-2)25-11-12-27-13-15-28(16-14-27)22(29)20-8-6-9-20/h4-5,7,10,20H,6,8-9,11-18H2,1-3H3,(H,24,25). The highest BCUT2D eigenvalue weighted by atomic mass is 16.5. The predicted octanol–water partition coefficient (Wildman–Crippen LogP) is 1.83. The maximum atomic E-state index is 12.4. The number of amides is 1. The Morgan fingerprint density at radius 3 is 2.60 bits per heavy atom. The minimum Gasteiger partial charge on any atom is -0.491 e. The van der Waals surface area contributed by atoms with Gasteiger partial charge in [0.05, 0.1) is 6.54 Å². The van der Waals surface area contributed by atoms with Crippen LogP contribution in [-0.2, 0) is 4.79 Å². The number of rotatable bonds is 8. The Morgan fingerprint density at radius 2 is 1.97 bits per heavy atom. The quantitative estimate of drug-likeness (QED) is 0.519. The molecular weight excluding hydrogens is 378 g/mol. The fraction of sp³-hybridized carbons (Fsp3) is 0.652. The Morgan fingerprint density at radius 1 is 1.23 bits per heavy atom. The van der Waals surface area contributed by atoms with Crippen LogP contribution < -0.4 is 10.1 Å². The number of carbonyl (C=O) groups excluding carboxylic acids is 1. The molecule has 1 amide bonds. The summed E-state index contributed by atoms with van der Waals surface area (Å²) < 4.78 is 5.90. The van der Waals surface area contributed by atoms with E-state index in [4.69, 9.17) is 4.74 Å². The predicted molar refractivity (Wildman–Crippen MR) is 121 cm³/mol. The molecule has 1 saturated heterocycles. The van der Waals surface area contributed by atoms with E-state index in [1.165, 1.54) is 6.42 Å². The van der Waals surface area contributed by atoms with E-state index in [1.54, 1.807) is 0 Å². The SMILES string of the molecule is CN=C(NCCN1CCN(C(=O)C2CCC2)CC1)N(C)CCOc1ccccc1C. The van der Waals surface area contributed by atoms with E-state index in [9.17, 15) is 4.79 Å². The van der Waals surface area contributed by atoms with Crippen LogP contribution in [0.15, 0.2) is 29.3 Å². The summed E-state index contributed by atoms with van der Waals surface area (Å²) in [5, 5.41) is 3.45. The van der Waals surface area contributed by atoms with Gasteiger partial charge in [0.15, 0.2) is 5.96 Å². The van der Waals surface area contributed by atoms with Gasteiger partial charge in [-0.15, -0.1) is 0 Å². The first-order valence-corrected chi connectivity index (χ1v) is 11.2. The van der Waals surface area contributed by atoms with E-state index in [0.29, 0.717) is 18.4 Å². The van der Waals surface area contributed by atoms with Gasteiger partial charge < -0.3 is 19.9 Å². The molecule has 166 valence electrons. The van der Waals surface area contributed by atoms with Crippen LogP contribution in [0.1, 0.15) is 24.8 Å². The molecule has 2 aliphatic rings. The number of aliphatic imine (C=N–C) groups is 1. The molecule has 1 aromatic carbocycles. The number of nitrogens with one attached hydrogen (secondary N) is 1. The zero-order valence-electron chi connectivity index (χ0n) is 18.8. The van der Waals surface area contributed by atoms with Gasteiger partial charge in [0.25, 0.3) is 0 Å². The van der Waals surface area contributed by atoms with Gasteiger partial charge in [-0.25, -0.2) is 0 Å². The van der Waals surface area contributed by atoms with E-state index in [2.05, 4.69) is 38.0 Å². The molecule has 0 radical (unpaired) electrons. The number of aryl methyl sites for hydroxylation is 1. The molecule has 3 rings (SSSR count). The van der Waals surface area contributed by atoms with Crippen LogP contribution in [0.25, 0.3) is 0 Å². The molecule has 0 bridgehead atoms. The van der Waals surface area contributed by atoms with Gasteiger partial charge in [0.2, 0.25) is 5.91 Å². The van der Waals surface area contributed by atoms with Crippen LogP contribution in [-0.4, -0.2) is 93.1 Å². The molecular formula is C23H37N5O2. The van der Waals surface area contributed by atoms with E-state index < -0.39 is 0 Å². The van der Waals surface area contributed by atoms with E-state index in [-0.39, 0.29) is 0 Å². The Labute approximate surface area is 181 Å². The molecule has 0 spiro atoms. The van der Waals surface area contributed by atoms with Crippen molar-refractivity contribution in [3.63, 3.8) is 0 Å². The van der Waals surface area contributed by atoms with Crippen molar-refractivity contribution in [1.82, 2.24) is 20.0 Å². The van der Waals surface area contributed by atoms with Crippen molar-refractivity contribution < 1.29 is 9.53 Å². The molecule has 0 atom stereocenters. The lowest BCUT2D eigenvalue weighted by Gasteiger charge is -2.38. The van der Waals surface area contributed by atoms with E-state index in [1.807, 2.05) is 32.3 Å². The average molecular weight is 416 g/mol. The summed E-state index contributed by atoms with van der Waals surface area (Å²) in [6.07, 6.45) is 3.40. The monoisotopic (exact) mass is 415 g/mol. The van der Waals surface area contributed by atoms with Crippen molar-refractivity contribution in [2.24, 2.45) is 10.9 Å². The number of piperazine rings is 1. The topological polar surface area (TPSA) is 60.4 Å². The molecule has 1 heterocycles. The number of ether oxygens (including phenoxy) is 1. The molecule has 1 saturated carbocycles. The summed E-state index contributed by atoms with van der Waals surface area (Å²) in [5.41, 5.74) is 1.15. The highest BCUT2D eigenvalue weighted by Crippen LogP contribution is 2.28. The van der Waals surface area contributed by atoms with E-state index >= 15 is 0 Å². The Kier molecular flexibility index (Phi) is 8.37. The third-order valence-corrected chi connectivity index (χ3v) is 6.20. The van der Waals surface area contributed by atoms with Crippen molar-refractivity contribution >= 4 is 11.9 Å². The van der Waals surface area contributed by atoms with Crippen molar-refractivity contribution in [1.29, 1.82) is 0 Å². The summed E-state index contributed by atoms with van der Waals surface area (Å²) in [5.74, 6) is 2.51. The second kappa shape index (κ2) is 11.2. The van der Waals surface area contributed by atoms with Gasteiger partial charge in [-0.3, -0.25) is 14.7 Å². The van der Waals surface area contributed by atoms with Crippen LogP contribution in [0.2, 0.25) is 0 Å². The number of nitrogens with zero attached hydrogens (tertiary/aromatic N) is 4. The van der Waals surface area contributed by atoms with Crippen LogP contribution in [0, 0.1) is 12.8 Å². The third kappa shape index (κ3) is 6.11. The molecule has 30 heavy (non-hydrogen) atoms. The highest BCUT2D eigenvalue weighted by Gasteiger charge is 2.31. The number of likely N-dealkylation sites (N-methyl/N-ethyl adjacent to an activating group) is 1. The smallest absolute Gasteiger partial charge is 0.225 e. The molecule has 7 heteroatoms. The lowest BCUT2D eigenvalue weighted by Crippen LogP contribution is -2.52. The fourth-order valence-electron chi connectivity index (χ4n) is 3.93. The summed E-state index contributed by atoms with van der Waals surface area (Å²) >= 11 is 0. The number of hydrogen-bond donors (Lipinski definition) is 1. The van der Waals surface area contributed by atoms with Crippen LogP contribution in [0.4, 0.5) is 0 Å². The number of guanidine groups is 1. The Bertz CT molecular complexity index is 711. The number of carbonyl (C=O) groups is 1. The van der Waals surface area contributed by atoms with Gasteiger partial charge in [-0.2, -0.15) is 0 Å². The van der Waals surface area contributed by atoms with Crippen molar-refractivity contribution in [2.45, 2.75) is 26.2 Å². The number of benzene rings is 1. The van der Waals surface area contributed by atoms with Gasteiger partial charge in [0, 0.05) is 59.3 Å². The lowest BCUT2D eigenvalue weighted by atomic mass is 9.84. The van der Waals surface area contributed by atoms with Crippen molar-refractivity contribution in [2.75, 3.05) is 66.5 Å². The first-order chi connectivity index (χ1) is 14.6. The van der Waals surface area contributed by atoms with Crippen LogP contribution in [0.5, 0.6) is 5.75 Å². The Balaban J connectivity index is 1.31. The zero-order valence-corrected chi connectivity index (χ0v) is 18.8. The van der Waals surface area contributed by atoms with Crippen molar-refractivity contribution in [3.05, 3.63) is 29.8 Å². The van der Waals surface area contributed by atoms with Gasteiger partial charge in [-0.05, 0) is 31.4 Å². The molecule has 7 nitrogen and oxygen atoms in total. The van der Waals surface area contributed by atoms with Crippen LogP contribution in [0.3, 0.4) is 0 Å². The first-order valence-electron chi connectivity index (χ1n) is 11.2. The zero-order chi connectivity index (χ0) is 21.3. The summed E-state index contributed by atoms with van der Waals surface area (Å²) in [4.78, 5) is 23.3. The minimum absolute atomic E-state index is 0.312. The minimum atomic E-state index is 0.312. The summed E-state index contributed by atoms with van der Waals surface area (Å²) in [6.45, 7) is 8.86. The first kappa shape index (κ1) is 22.4. The average Bonchev–Trinajstić information content (AvgIpc) is 2.71. The number of hydrogen-bond acceptors (Lipinski definition) is 4. The maximum absolute atomic E-state index is 12.4. The molecule has 2 fully saturated rings. The second-order valence-electron chi connectivity index (χ2n) is 8.30. The van der Waals surface area contributed by atoms with Gasteiger partial charge in [0.1, 0.15) is 12.4 Å². The van der Waals surface area contributed by atoms with Gasteiger partial charge in [-0.1, -0.05) is 24.6 Å². The summed E-state index contributed by atoms with van der Waals surface area (Å²) in [6, 6.07) is 8.08. The van der Waals surface area contributed by atoms with E-state index in [0.717, 1.165) is 75.9 Å². The normalized spacial score (nSPS) is 18.1. The largest absolute Gasteiger partial charge is 0.491 e. The third-order valence-electron chi connectivity index (χ3n) is 6.20. The molecule has 0 aromatic heterocycles. The maximum Gasteiger partial charge on any atom is 0.225 e. The molecule has 1 aromatic rings. The number of para-hydroxylation sites is 1. The fourth-order valence-corrected chi connectivity index (χ4v) is 3.93. The van der Waals surface area contributed by atoms with Gasteiger partial charge >= 0.3 is 0 Å². The molecule has 0 unspecified atom stereocenters. The Hall–Kier alpha value is -2.28. The molecule has 1 N–H and O–H groups in total. The lowest BCUT2D eigenvalue weighted by molar-refractivity contribution is -0.139. The highest BCUT2D eigenvalue weighted by molar-refractivity contribution is 5.80. The summed E-state index contributed by atoms with van der Waals surface area (Å²) in [7, 11) is 3.84.